The molecular formula is C26H27N3O3S. The Bertz CT molecular complexity index is 1240. The number of methoxy groups -OCH3 is 2. The Morgan fingerprint density at radius 2 is 1.67 bits per heavy atom. The van der Waals surface area contributed by atoms with Crippen LogP contribution in [0.15, 0.2) is 64.6 Å². The lowest BCUT2D eigenvalue weighted by atomic mass is 9.98. The van der Waals surface area contributed by atoms with E-state index in [1.165, 1.54) is 19.3 Å². The molecule has 0 atom stereocenters. The van der Waals surface area contributed by atoms with Gasteiger partial charge in [-0.2, -0.15) is 0 Å². The number of ether oxygens (including phenoxy) is 3. The largest absolute Gasteiger partial charge is 0.493 e. The average Bonchev–Trinajstić information content (AvgIpc) is 3.28. The maximum atomic E-state index is 6.53. The van der Waals surface area contributed by atoms with Crippen LogP contribution < -0.4 is 14.2 Å². The third-order valence-electron chi connectivity index (χ3n) is 5.93. The monoisotopic (exact) mass is 461 g/mol. The summed E-state index contributed by atoms with van der Waals surface area (Å²) in [7, 11) is 3.27. The number of H-pyrrole nitrogens is 1. The standard InChI is InChI=1S/C26H27N3O3S/c1-30-22-9-8-17(14-23(22)31-2)26-28-20-15-24(32-18-6-4-3-5-7-18)25(16-21(20)29-26)33-19-10-12-27-13-11-19/h8-16,18H,3-7H2,1-2H3,(H,28,29). The van der Waals surface area contributed by atoms with Crippen molar-refractivity contribution in [3.8, 4) is 28.6 Å². The Labute approximate surface area is 197 Å². The number of pyridine rings is 1. The van der Waals surface area contributed by atoms with Gasteiger partial charge in [0.1, 0.15) is 11.6 Å². The van der Waals surface area contributed by atoms with Crippen LogP contribution in [-0.4, -0.2) is 35.3 Å². The highest BCUT2D eigenvalue weighted by Gasteiger charge is 2.19. The lowest BCUT2D eigenvalue weighted by Gasteiger charge is -2.24. The van der Waals surface area contributed by atoms with Gasteiger partial charge in [0.25, 0.3) is 0 Å². The summed E-state index contributed by atoms with van der Waals surface area (Å²) >= 11 is 1.68. The van der Waals surface area contributed by atoms with Gasteiger partial charge in [-0.3, -0.25) is 4.98 Å². The van der Waals surface area contributed by atoms with Crippen LogP contribution >= 0.6 is 11.8 Å². The highest BCUT2D eigenvalue weighted by molar-refractivity contribution is 7.99. The minimum Gasteiger partial charge on any atom is -0.493 e. The quantitative estimate of drug-likeness (QED) is 0.339. The van der Waals surface area contributed by atoms with Crippen LogP contribution in [0, 0.1) is 0 Å². The second-order valence-electron chi connectivity index (χ2n) is 8.13. The van der Waals surface area contributed by atoms with Crippen molar-refractivity contribution in [3.63, 3.8) is 0 Å². The highest BCUT2D eigenvalue weighted by atomic mass is 32.2. The Kier molecular flexibility index (Phi) is 6.39. The van der Waals surface area contributed by atoms with Crippen LogP contribution in [0.1, 0.15) is 32.1 Å². The van der Waals surface area contributed by atoms with E-state index in [0.29, 0.717) is 11.5 Å². The molecule has 0 radical (unpaired) electrons. The summed E-state index contributed by atoms with van der Waals surface area (Å²) in [6, 6.07) is 14.0. The molecule has 7 heteroatoms. The SMILES string of the molecule is COc1ccc(-c2nc3cc(Sc4ccncc4)c(OC4CCCCC4)cc3[nH]2)cc1OC. The smallest absolute Gasteiger partial charge is 0.161 e. The van der Waals surface area contributed by atoms with E-state index >= 15 is 0 Å². The van der Waals surface area contributed by atoms with Crippen LogP contribution in [0.5, 0.6) is 17.2 Å². The third-order valence-corrected chi connectivity index (χ3v) is 6.97. The number of hydrogen-bond donors (Lipinski definition) is 1. The van der Waals surface area contributed by atoms with E-state index < -0.39 is 0 Å². The van der Waals surface area contributed by atoms with Gasteiger partial charge in [0.2, 0.25) is 0 Å². The number of fused-ring (bicyclic) bond motifs is 1. The number of nitrogens with zero attached hydrogens (tertiary/aromatic N) is 2. The van der Waals surface area contributed by atoms with Crippen molar-refractivity contribution >= 4 is 22.8 Å². The van der Waals surface area contributed by atoms with Crippen molar-refractivity contribution < 1.29 is 14.2 Å². The number of rotatable bonds is 7. The summed E-state index contributed by atoms with van der Waals surface area (Å²) in [5.41, 5.74) is 2.78. The number of imidazole rings is 1. The lowest BCUT2D eigenvalue weighted by molar-refractivity contribution is 0.151. The van der Waals surface area contributed by atoms with Crippen LogP contribution in [0.4, 0.5) is 0 Å². The molecule has 1 aliphatic carbocycles. The first-order valence-corrected chi connectivity index (χ1v) is 12.1. The second kappa shape index (κ2) is 9.75. The summed E-state index contributed by atoms with van der Waals surface area (Å²) in [5.74, 6) is 3.04. The molecule has 0 unspecified atom stereocenters. The molecule has 6 nitrogen and oxygen atoms in total. The van der Waals surface area contributed by atoms with E-state index in [0.717, 1.165) is 50.8 Å². The van der Waals surface area contributed by atoms with Crippen molar-refractivity contribution in [3.05, 3.63) is 54.9 Å². The lowest BCUT2D eigenvalue weighted by Crippen LogP contribution is -2.19. The highest BCUT2D eigenvalue weighted by Crippen LogP contribution is 2.40. The summed E-state index contributed by atoms with van der Waals surface area (Å²) in [5, 5.41) is 0. The number of aromatic amines is 1. The number of aromatic nitrogens is 3. The van der Waals surface area contributed by atoms with Gasteiger partial charge in [0, 0.05) is 28.9 Å². The van der Waals surface area contributed by atoms with Gasteiger partial charge in [-0.15, -0.1) is 0 Å². The summed E-state index contributed by atoms with van der Waals surface area (Å²) < 4.78 is 17.4. The van der Waals surface area contributed by atoms with Crippen LogP contribution in [-0.2, 0) is 0 Å². The van der Waals surface area contributed by atoms with Gasteiger partial charge in [-0.05, 0) is 62.1 Å². The Hall–Kier alpha value is -3.19. The van der Waals surface area contributed by atoms with Gasteiger partial charge in [-0.25, -0.2) is 4.98 Å². The van der Waals surface area contributed by atoms with Crippen molar-refractivity contribution in [1.29, 1.82) is 0 Å². The molecule has 1 saturated carbocycles. The van der Waals surface area contributed by atoms with Gasteiger partial charge >= 0.3 is 0 Å². The van der Waals surface area contributed by atoms with Gasteiger partial charge < -0.3 is 19.2 Å². The first-order valence-electron chi connectivity index (χ1n) is 11.2. The molecule has 0 bridgehead atoms. The first-order chi connectivity index (χ1) is 16.2. The molecule has 0 spiro atoms. The van der Waals surface area contributed by atoms with Gasteiger partial charge in [-0.1, -0.05) is 18.2 Å². The first kappa shape index (κ1) is 21.6. The number of hydrogen-bond acceptors (Lipinski definition) is 6. The Morgan fingerprint density at radius 1 is 0.879 bits per heavy atom. The minimum absolute atomic E-state index is 0.265. The molecule has 0 saturated heterocycles. The summed E-state index contributed by atoms with van der Waals surface area (Å²) in [6.45, 7) is 0. The fraction of sp³-hybridized carbons (Fsp3) is 0.308. The molecule has 2 heterocycles. The fourth-order valence-electron chi connectivity index (χ4n) is 4.21. The molecule has 2 aromatic heterocycles. The zero-order valence-electron chi connectivity index (χ0n) is 18.8. The van der Waals surface area contributed by atoms with Crippen LogP contribution in [0.25, 0.3) is 22.4 Å². The predicted octanol–water partition coefficient (Wildman–Crippen LogP) is 6.50. The van der Waals surface area contributed by atoms with E-state index in [9.17, 15) is 0 Å². The zero-order chi connectivity index (χ0) is 22.6. The topological polar surface area (TPSA) is 69.3 Å². The molecule has 0 aliphatic heterocycles. The molecule has 4 aromatic rings. The Balaban J connectivity index is 1.53. The maximum absolute atomic E-state index is 6.53. The normalized spacial score (nSPS) is 14.4. The van der Waals surface area contributed by atoms with Crippen LogP contribution in [0.2, 0.25) is 0 Å². The minimum atomic E-state index is 0.265. The maximum Gasteiger partial charge on any atom is 0.161 e. The van der Waals surface area contributed by atoms with E-state index in [-0.39, 0.29) is 6.10 Å². The number of benzene rings is 2. The second-order valence-corrected chi connectivity index (χ2v) is 9.25. The molecule has 1 N–H and O–H groups in total. The average molecular weight is 462 g/mol. The number of nitrogens with one attached hydrogen (secondary N) is 1. The molecule has 170 valence electrons. The predicted molar refractivity (Wildman–Crippen MR) is 130 cm³/mol. The zero-order valence-corrected chi connectivity index (χ0v) is 19.7. The molecular weight excluding hydrogens is 434 g/mol. The summed E-state index contributed by atoms with van der Waals surface area (Å²) in [6.07, 6.45) is 9.86. The van der Waals surface area contributed by atoms with Crippen molar-refractivity contribution in [1.82, 2.24) is 15.0 Å². The van der Waals surface area contributed by atoms with Gasteiger partial charge in [0.05, 0.1) is 36.3 Å². The van der Waals surface area contributed by atoms with Gasteiger partial charge in [0.15, 0.2) is 11.5 Å². The molecule has 33 heavy (non-hydrogen) atoms. The molecule has 1 aliphatic rings. The van der Waals surface area contributed by atoms with E-state index in [2.05, 4.69) is 22.1 Å². The van der Waals surface area contributed by atoms with E-state index in [1.807, 2.05) is 42.7 Å². The Morgan fingerprint density at radius 3 is 2.42 bits per heavy atom. The van der Waals surface area contributed by atoms with E-state index in [4.69, 9.17) is 19.2 Å². The third kappa shape index (κ3) is 4.78. The van der Waals surface area contributed by atoms with Crippen LogP contribution in [0.3, 0.4) is 0 Å². The van der Waals surface area contributed by atoms with Crippen molar-refractivity contribution in [2.45, 2.75) is 48.0 Å². The molecule has 2 aromatic carbocycles. The molecule has 0 amide bonds. The van der Waals surface area contributed by atoms with Crippen molar-refractivity contribution in [2.75, 3.05) is 14.2 Å². The molecule has 1 fully saturated rings. The van der Waals surface area contributed by atoms with Crippen molar-refractivity contribution in [2.24, 2.45) is 0 Å². The van der Waals surface area contributed by atoms with E-state index in [1.54, 1.807) is 26.0 Å². The summed E-state index contributed by atoms with van der Waals surface area (Å²) in [4.78, 5) is 14.6. The molecule has 5 rings (SSSR count). The fourth-order valence-corrected chi connectivity index (χ4v) is 5.10.